The molecule has 26 heavy (non-hydrogen) atoms. The molecule has 0 aromatic carbocycles. The van der Waals surface area contributed by atoms with Gasteiger partial charge in [-0.3, -0.25) is 0 Å². The Morgan fingerprint density at radius 3 is 1.58 bits per heavy atom. The van der Waals surface area contributed by atoms with Crippen molar-refractivity contribution in [3.05, 3.63) is 23.7 Å². The molecular weight excluding hydrogens is 344 g/mol. The van der Waals surface area contributed by atoms with Crippen molar-refractivity contribution in [2.75, 3.05) is 13.1 Å². The van der Waals surface area contributed by atoms with E-state index in [0.29, 0.717) is 24.6 Å². The summed E-state index contributed by atoms with van der Waals surface area (Å²) in [6.45, 7) is 1.03. The fourth-order valence-electron chi connectivity index (χ4n) is 2.14. The molecule has 136 valence electrons. The largest absolute Gasteiger partial charge is 0.462 e. The van der Waals surface area contributed by atoms with Crippen molar-refractivity contribution >= 4 is 24.3 Å². The van der Waals surface area contributed by atoms with E-state index in [4.69, 9.17) is 9.15 Å². The third-order valence-corrected chi connectivity index (χ3v) is 3.23. The second kappa shape index (κ2) is 13.1. The molecular formula is C16H16N4O6. The van der Waals surface area contributed by atoms with Gasteiger partial charge in [-0.2, -0.15) is 9.98 Å². The van der Waals surface area contributed by atoms with Crippen LogP contribution in [0.5, 0.6) is 0 Å². The highest BCUT2D eigenvalue weighted by Gasteiger charge is 2.24. The summed E-state index contributed by atoms with van der Waals surface area (Å²) in [6, 6.07) is 3.33. The van der Waals surface area contributed by atoms with Crippen molar-refractivity contribution in [2.45, 2.75) is 38.1 Å². The summed E-state index contributed by atoms with van der Waals surface area (Å²) >= 11 is 0. The summed E-state index contributed by atoms with van der Waals surface area (Å²) in [5, 5.41) is 0. The van der Waals surface area contributed by atoms with Crippen LogP contribution in [0.4, 0.5) is 0 Å². The van der Waals surface area contributed by atoms with Crippen LogP contribution in [0.1, 0.15) is 24.4 Å². The molecule has 2 rings (SSSR count). The van der Waals surface area contributed by atoms with Gasteiger partial charge in [0.1, 0.15) is 24.6 Å². The van der Waals surface area contributed by atoms with Crippen LogP contribution in [0.2, 0.25) is 0 Å². The molecule has 0 N–H and O–H groups in total. The summed E-state index contributed by atoms with van der Waals surface area (Å²) in [5.41, 5.74) is 0. The molecule has 2 heterocycles. The first-order valence-electron chi connectivity index (χ1n) is 7.61. The monoisotopic (exact) mass is 360 g/mol. The SMILES string of the molecule is O=C=NCC1CCC(CN=C=O)O1.O=C=NCc1ccc(CN=C=O)o1. The second-order valence-electron chi connectivity index (χ2n) is 5.00. The van der Waals surface area contributed by atoms with E-state index in [1.54, 1.807) is 12.1 Å². The number of furan rings is 1. The van der Waals surface area contributed by atoms with E-state index in [9.17, 15) is 19.2 Å². The van der Waals surface area contributed by atoms with E-state index < -0.39 is 0 Å². The zero-order chi connectivity index (χ0) is 19.0. The third kappa shape index (κ3) is 8.57. The average molecular weight is 360 g/mol. The van der Waals surface area contributed by atoms with Crippen LogP contribution in [0.25, 0.3) is 0 Å². The zero-order valence-corrected chi connectivity index (χ0v) is 13.8. The first kappa shape index (κ1) is 20.8. The van der Waals surface area contributed by atoms with Crippen molar-refractivity contribution in [2.24, 2.45) is 20.0 Å². The molecule has 1 aliphatic heterocycles. The maximum atomic E-state index is 9.80. The Bertz CT molecular complexity index is 690. The van der Waals surface area contributed by atoms with Crippen LogP contribution in [0, 0.1) is 0 Å². The maximum absolute atomic E-state index is 9.80. The van der Waals surface area contributed by atoms with Gasteiger partial charge in [0.15, 0.2) is 0 Å². The Kier molecular flexibility index (Phi) is 10.5. The molecule has 0 saturated carbocycles. The molecule has 10 heteroatoms. The molecule has 1 saturated heterocycles. The van der Waals surface area contributed by atoms with Crippen LogP contribution in [-0.4, -0.2) is 49.6 Å². The number of nitrogens with zero attached hydrogens (tertiary/aromatic N) is 4. The van der Waals surface area contributed by atoms with Gasteiger partial charge in [0.25, 0.3) is 0 Å². The lowest BCUT2D eigenvalue weighted by molar-refractivity contribution is 0.0560. The maximum Gasteiger partial charge on any atom is 0.235 e. The fourth-order valence-corrected chi connectivity index (χ4v) is 2.14. The Balaban J connectivity index is 0.000000260. The quantitative estimate of drug-likeness (QED) is 0.503. The standard InChI is InChI=1S/C8H10N2O3.C8H6N2O3/c2*11-5-9-3-7-1-2-8(13-7)4-10-6-12/h7-8H,1-4H2;1-2H,3-4H2. The minimum absolute atomic E-state index is 0.0201. The second-order valence-corrected chi connectivity index (χ2v) is 5.00. The Morgan fingerprint density at radius 2 is 1.19 bits per heavy atom. The molecule has 0 amide bonds. The Morgan fingerprint density at radius 1 is 0.769 bits per heavy atom. The van der Waals surface area contributed by atoms with Gasteiger partial charge in [0.2, 0.25) is 24.3 Å². The van der Waals surface area contributed by atoms with E-state index in [0.717, 1.165) is 12.8 Å². The summed E-state index contributed by atoms with van der Waals surface area (Å²) in [4.78, 5) is 52.6. The lowest BCUT2D eigenvalue weighted by Gasteiger charge is -2.07. The highest BCUT2D eigenvalue weighted by Crippen LogP contribution is 2.19. The molecule has 2 unspecified atom stereocenters. The number of aliphatic imine (C=N–C) groups is 4. The van der Waals surface area contributed by atoms with Gasteiger partial charge in [-0.05, 0) is 25.0 Å². The molecule has 10 nitrogen and oxygen atoms in total. The summed E-state index contributed by atoms with van der Waals surface area (Å²) < 4.78 is 10.6. The average Bonchev–Trinajstić information content (AvgIpc) is 3.31. The number of hydrogen-bond acceptors (Lipinski definition) is 10. The molecule has 0 radical (unpaired) electrons. The smallest absolute Gasteiger partial charge is 0.235 e. The number of ether oxygens (including phenoxy) is 1. The number of hydrogen-bond donors (Lipinski definition) is 0. The molecule has 1 aliphatic rings. The van der Waals surface area contributed by atoms with Crippen LogP contribution < -0.4 is 0 Å². The van der Waals surface area contributed by atoms with E-state index in [-0.39, 0.29) is 25.3 Å². The highest BCUT2D eigenvalue weighted by atomic mass is 16.5. The van der Waals surface area contributed by atoms with Crippen LogP contribution in [-0.2, 0) is 37.0 Å². The lowest BCUT2D eigenvalue weighted by atomic mass is 10.2. The Hall–Kier alpha value is -3.24. The van der Waals surface area contributed by atoms with Gasteiger partial charge in [0.05, 0.1) is 25.3 Å². The molecule has 1 aromatic rings. The van der Waals surface area contributed by atoms with E-state index in [2.05, 4.69) is 20.0 Å². The van der Waals surface area contributed by atoms with Crippen molar-refractivity contribution < 1.29 is 28.3 Å². The normalized spacial score (nSPS) is 17.4. The van der Waals surface area contributed by atoms with Gasteiger partial charge in [-0.15, -0.1) is 0 Å². The van der Waals surface area contributed by atoms with Crippen molar-refractivity contribution in [3.8, 4) is 0 Å². The lowest BCUT2D eigenvalue weighted by Crippen LogP contribution is -2.15. The summed E-state index contributed by atoms with van der Waals surface area (Å²) in [5.74, 6) is 1.08. The van der Waals surface area contributed by atoms with Crippen LogP contribution in [0.15, 0.2) is 36.5 Å². The number of isocyanates is 4. The summed E-state index contributed by atoms with van der Waals surface area (Å²) in [6.07, 6.45) is 7.38. The first-order valence-corrected chi connectivity index (χ1v) is 7.61. The van der Waals surface area contributed by atoms with Gasteiger partial charge in [-0.25, -0.2) is 29.2 Å². The van der Waals surface area contributed by atoms with Crippen LogP contribution in [0.3, 0.4) is 0 Å². The van der Waals surface area contributed by atoms with Crippen molar-refractivity contribution in [1.29, 1.82) is 0 Å². The number of carbonyl (C=O) groups excluding carboxylic acids is 4. The summed E-state index contributed by atoms with van der Waals surface area (Å²) in [7, 11) is 0. The minimum atomic E-state index is -0.0201. The Labute approximate surface area is 148 Å². The molecule has 0 spiro atoms. The van der Waals surface area contributed by atoms with Crippen molar-refractivity contribution in [3.63, 3.8) is 0 Å². The van der Waals surface area contributed by atoms with E-state index in [1.165, 1.54) is 24.3 Å². The van der Waals surface area contributed by atoms with Gasteiger partial charge < -0.3 is 9.15 Å². The van der Waals surface area contributed by atoms with Gasteiger partial charge in [0, 0.05) is 0 Å². The van der Waals surface area contributed by atoms with Gasteiger partial charge in [-0.1, -0.05) is 0 Å². The predicted octanol–water partition coefficient (Wildman–Crippen LogP) is 1.16. The van der Waals surface area contributed by atoms with Crippen LogP contribution >= 0.6 is 0 Å². The third-order valence-electron chi connectivity index (χ3n) is 3.23. The minimum Gasteiger partial charge on any atom is -0.462 e. The molecule has 1 fully saturated rings. The fraction of sp³-hybridized carbons (Fsp3) is 0.500. The molecule has 0 bridgehead atoms. The molecule has 0 aliphatic carbocycles. The van der Waals surface area contributed by atoms with E-state index >= 15 is 0 Å². The molecule has 1 aromatic heterocycles. The highest BCUT2D eigenvalue weighted by molar-refractivity contribution is 5.34. The predicted molar refractivity (Wildman–Crippen MR) is 86.2 cm³/mol. The first-order chi connectivity index (χ1) is 12.7. The number of rotatable bonds is 8. The topological polar surface area (TPSA) is 140 Å². The molecule has 2 atom stereocenters. The van der Waals surface area contributed by atoms with E-state index in [1.807, 2.05) is 0 Å². The zero-order valence-electron chi connectivity index (χ0n) is 13.8. The van der Waals surface area contributed by atoms with Gasteiger partial charge >= 0.3 is 0 Å². The van der Waals surface area contributed by atoms with Crippen molar-refractivity contribution in [1.82, 2.24) is 0 Å².